The number of hydrogen-bond donors (Lipinski definition) is 1. The summed E-state index contributed by atoms with van der Waals surface area (Å²) in [5, 5.41) is 3.22. The third kappa shape index (κ3) is 3.64. The summed E-state index contributed by atoms with van der Waals surface area (Å²) in [6.07, 6.45) is 0.593. The summed E-state index contributed by atoms with van der Waals surface area (Å²) in [6, 6.07) is 11.1. The van der Waals surface area contributed by atoms with Gasteiger partial charge < -0.3 is 5.32 Å². The van der Waals surface area contributed by atoms with Gasteiger partial charge in [-0.05, 0) is 42.8 Å². The van der Waals surface area contributed by atoms with Crippen LogP contribution in [0.2, 0.25) is 0 Å². The first kappa shape index (κ1) is 15.1. The molecule has 0 amide bonds. The van der Waals surface area contributed by atoms with Crippen molar-refractivity contribution in [2.45, 2.75) is 19.4 Å². The molecule has 0 heterocycles. The highest BCUT2D eigenvalue weighted by atomic mass is 79.9. The molecule has 0 saturated heterocycles. The van der Waals surface area contributed by atoms with Gasteiger partial charge in [-0.3, -0.25) is 0 Å². The lowest BCUT2D eigenvalue weighted by Gasteiger charge is -2.20. The molecule has 0 fully saturated rings. The Morgan fingerprint density at radius 3 is 2.60 bits per heavy atom. The summed E-state index contributed by atoms with van der Waals surface area (Å²) in [7, 11) is 0. The van der Waals surface area contributed by atoms with Gasteiger partial charge in [-0.25, -0.2) is 8.78 Å². The first-order valence-electron chi connectivity index (χ1n) is 6.53. The summed E-state index contributed by atoms with van der Waals surface area (Å²) in [6.45, 7) is 2.63. The molecule has 2 rings (SSSR count). The average molecular weight is 340 g/mol. The molecule has 1 nitrogen and oxygen atoms in total. The van der Waals surface area contributed by atoms with E-state index in [0.717, 1.165) is 16.1 Å². The van der Waals surface area contributed by atoms with Crippen LogP contribution in [0.4, 0.5) is 8.78 Å². The Morgan fingerprint density at radius 2 is 1.90 bits per heavy atom. The monoisotopic (exact) mass is 339 g/mol. The van der Waals surface area contributed by atoms with Crippen molar-refractivity contribution in [3.8, 4) is 0 Å². The van der Waals surface area contributed by atoms with E-state index in [9.17, 15) is 8.78 Å². The molecule has 2 aromatic rings. The molecule has 106 valence electrons. The Balaban J connectivity index is 2.32. The number of nitrogens with one attached hydrogen (secondary N) is 1. The van der Waals surface area contributed by atoms with Crippen LogP contribution in [0.5, 0.6) is 0 Å². The third-order valence-electron chi connectivity index (χ3n) is 3.17. The van der Waals surface area contributed by atoms with Crippen LogP contribution < -0.4 is 5.32 Å². The van der Waals surface area contributed by atoms with E-state index >= 15 is 0 Å². The number of likely N-dealkylation sites (N-methyl/N-ethyl adjacent to an activating group) is 1. The van der Waals surface area contributed by atoms with Gasteiger partial charge >= 0.3 is 0 Å². The number of rotatable bonds is 5. The van der Waals surface area contributed by atoms with E-state index in [1.54, 1.807) is 0 Å². The van der Waals surface area contributed by atoms with Crippen LogP contribution in [-0.4, -0.2) is 6.54 Å². The van der Waals surface area contributed by atoms with Crippen LogP contribution in [-0.2, 0) is 6.42 Å². The minimum atomic E-state index is -0.420. The van der Waals surface area contributed by atoms with Crippen molar-refractivity contribution < 1.29 is 8.78 Å². The molecule has 0 bridgehead atoms. The summed E-state index contributed by atoms with van der Waals surface area (Å²) in [4.78, 5) is 0. The Hall–Kier alpha value is -1.26. The van der Waals surface area contributed by atoms with Gasteiger partial charge in [0, 0.05) is 16.1 Å². The highest BCUT2D eigenvalue weighted by molar-refractivity contribution is 9.10. The van der Waals surface area contributed by atoms with E-state index in [4.69, 9.17) is 0 Å². The van der Waals surface area contributed by atoms with Crippen molar-refractivity contribution in [1.29, 1.82) is 0 Å². The number of halogens is 3. The number of benzene rings is 2. The molecule has 1 atom stereocenters. The Bertz CT molecular complexity index is 586. The molecule has 0 radical (unpaired) electrons. The van der Waals surface area contributed by atoms with Crippen molar-refractivity contribution in [3.63, 3.8) is 0 Å². The molecule has 1 unspecified atom stereocenters. The van der Waals surface area contributed by atoms with Crippen molar-refractivity contribution in [2.75, 3.05) is 6.54 Å². The van der Waals surface area contributed by atoms with Gasteiger partial charge in [-0.15, -0.1) is 0 Å². The van der Waals surface area contributed by atoms with E-state index in [0.29, 0.717) is 18.5 Å². The second kappa shape index (κ2) is 6.95. The largest absolute Gasteiger partial charge is 0.310 e. The standard InChI is InChI=1S/C16H16BrF2N/c1-2-20-16(9-11-5-3-4-6-14(11)17)13-10-12(18)7-8-15(13)19/h3-8,10,16,20H,2,9H2,1H3. The van der Waals surface area contributed by atoms with E-state index in [1.807, 2.05) is 31.2 Å². The Labute approximate surface area is 126 Å². The van der Waals surface area contributed by atoms with Gasteiger partial charge in [-0.2, -0.15) is 0 Å². The molecular weight excluding hydrogens is 324 g/mol. The lowest BCUT2D eigenvalue weighted by atomic mass is 9.98. The van der Waals surface area contributed by atoms with Crippen LogP contribution in [0.25, 0.3) is 0 Å². The van der Waals surface area contributed by atoms with Gasteiger partial charge in [0.15, 0.2) is 0 Å². The molecule has 20 heavy (non-hydrogen) atoms. The lowest BCUT2D eigenvalue weighted by molar-refractivity contribution is 0.501. The Morgan fingerprint density at radius 1 is 1.15 bits per heavy atom. The maximum Gasteiger partial charge on any atom is 0.128 e. The van der Waals surface area contributed by atoms with Gasteiger partial charge in [0.25, 0.3) is 0 Å². The summed E-state index contributed by atoms with van der Waals surface area (Å²) in [5.41, 5.74) is 1.42. The van der Waals surface area contributed by atoms with E-state index in [1.165, 1.54) is 12.1 Å². The fraction of sp³-hybridized carbons (Fsp3) is 0.250. The maximum absolute atomic E-state index is 13.9. The highest BCUT2D eigenvalue weighted by Gasteiger charge is 2.17. The van der Waals surface area contributed by atoms with Crippen molar-refractivity contribution in [1.82, 2.24) is 5.32 Å². The predicted molar refractivity (Wildman–Crippen MR) is 80.6 cm³/mol. The van der Waals surface area contributed by atoms with Crippen LogP contribution >= 0.6 is 15.9 Å². The van der Waals surface area contributed by atoms with Gasteiger partial charge in [-0.1, -0.05) is 41.1 Å². The maximum atomic E-state index is 13.9. The normalized spacial score (nSPS) is 12.4. The van der Waals surface area contributed by atoms with Crippen molar-refractivity contribution >= 4 is 15.9 Å². The minimum Gasteiger partial charge on any atom is -0.310 e. The predicted octanol–water partition coefficient (Wildman–Crippen LogP) is 4.62. The fourth-order valence-electron chi connectivity index (χ4n) is 2.20. The number of hydrogen-bond acceptors (Lipinski definition) is 1. The van der Waals surface area contributed by atoms with Gasteiger partial charge in [0.2, 0.25) is 0 Å². The molecule has 4 heteroatoms. The van der Waals surface area contributed by atoms with Crippen LogP contribution in [0.3, 0.4) is 0 Å². The average Bonchev–Trinajstić information content (AvgIpc) is 2.43. The molecule has 0 saturated carbocycles. The van der Waals surface area contributed by atoms with Crippen LogP contribution in [0.15, 0.2) is 46.9 Å². The van der Waals surface area contributed by atoms with E-state index in [-0.39, 0.29) is 11.9 Å². The lowest BCUT2D eigenvalue weighted by Crippen LogP contribution is -2.24. The molecule has 1 N–H and O–H groups in total. The van der Waals surface area contributed by atoms with Crippen LogP contribution in [0, 0.1) is 11.6 Å². The van der Waals surface area contributed by atoms with Gasteiger partial charge in [0.1, 0.15) is 11.6 Å². The van der Waals surface area contributed by atoms with Crippen molar-refractivity contribution in [2.24, 2.45) is 0 Å². The molecule has 2 aromatic carbocycles. The zero-order valence-corrected chi connectivity index (χ0v) is 12.8. The molecular formula is C16H16BrF2N. The summed E-state index contributed by atoms with van der Waals surface area (Å²) < 4.78 is 28.3. The fourth-order valence-corrected chi connectivity index (χ4v) is 2.65. The zero-order valence-electron chi connectivity index (χ0n) is 11.2. The second-order valence-electron chi connectivity index (χ2n) is 4.57. The first-order chi connectivity index (χ1) is 9.61. The van der Waals surface area contributed by atoms with Crippen LogP contribution in [0.1, 0.15) is 24.1 Å². The smallest absolute Gasteiger partial charge is 0.128 e. The van der Waals surface area contributed by atoms with Gasteiger partial charge in [0.05, 0.1) is 0 Å². The van der Waals surface area contributed by atoms with Crippen molar-refractivity contribution in [3.05, 3.63) is 69.7 Å². The molecule has 0 aromatic heterocycles. The Kier molecular flexibility index (Phi) is 5.26. The summed E-state index contributed by atoms with van der Waals surface area (Å²) in [5.74, 6) is -0.805. The summed E-state index contributed by atoms with van der Waals surface area (Å²) >= 11 is 3.49. The SMILES string of the molecule is CCNC(Cc1ccccc1Br)c1cc(F)ccc1F. The van der Waals surface area contributed by atoms with E-state index in [2.05, 4.69) is 21.2 Å². The molecule has 0 aliphatic heterocycles. The second-order valence-corrected chi connectivity index (χ2v) is 5.43. The first-order valence-corrected chi connectivity index (χ1v) is 7.33. The quantitative estimate of drug-likeness (QED) is 0.837. The molecule has 0 spiro atoms. The molecule has 0 aliphatic rings. The minimum absolute atomic E-state index is 0.255. The highest BCUT2D eigenvalue weighted by Crippen LogP contribution is 2.26. The third-order valence-corrected chi connectivity index (χ3v) is 3.94. The van der Waals surface area contributed by atoms with E-state index < -0.39 is 5.82 Å². The molecule has 0 aliphatic carbocycles. The topological polar surface area (TPSA) is 12.0 Å². The zero-order chi connectivity index (χ0) is 14.5.